The highest BCUT2D eigenvalue weighted by Gasteiger charge is 2.17. The maximum atomic E-state index is 12.7. The van der Waals surface area contributed by atoms with Crippen LogP contribution in [0.25, 0.3) is 11.4 Å². The quantitative estimate of drug-likeness (QED) is 0.646. The molecule has 2 aromatic heterocycles. The van der Waals surface area contributed by atoms with Gasteiger partial charge in [-0.3, -0.25) is 9.59 Å². The highest BCUT2D eigenvalue weighted by molar-refractivity contribution is 6.31. The summed E-state index contributed by atoms with van der Waals surface area (Å²) in [5.41, 5.74) is 1.19. The predicted octanol–water partition coefficient (Wildman–Crippen LogP) is 2.20. The molecule has 0 saturated carbocycles. The minimum Gasteiger partial charge on any atom is -0.511 e. The fourth-order valence-electron chi connectivity index (χ4n) is 2.78. The molecule has 0 fully saturated rings. The fraction of sp³-hybridized carbons (Fsp3) is 0.222. The summed E-state index contributed by atoms with van der Waals surface area (Å²) in [6.07, 6.45) is 1.90. The number of fused-ring (bicyclic) bond motifs is 1. The highest BCUT2D eigenvalue weighted by atomic mass is 35.5. The molecule has 0 bridgehead atoms. The molecule has 0 amide bonds. The number of nitrogens with zero attached hydrogens (tertiary/aromatic N) is 3. The third-order valence-electron chi connectivity index (χ3n) is 4.06. The summed E-state index contributed by atoms with van der Waals surface area (Å²) in [5.74, 6) is -1.43. The SMILES string of the molecule is Cl.O=C(O)CCC(O)=c1c(=O)c(Cl)c(CCc2ccccc2)n2ncnc12. The summed E-state index contributed by atoms with van der Waals surface area (Å²) in [6.45, 7) is 0. The predicted molar refractivity (Wildman–Crippen MR) is 103 cm³/mol. The van der Waals surface area contributed by atoms with E-state index in [0.717, 1.165) is 5.56 Å². The number of halogens is 2. The average Bonchev–Trinajstić information content (AvgIpc) is 3.10. The number of benzene rings is 1. The van der Waals surface area contributed by atoms with E-state index in [-0.39, 0.29) is 46.9 Å². The molecule has 0 aliphatic heterocycles. The van der Waals surface area contributed by atoms with Crippen molar-refractivity contribution in [1.29, 1.82) is 0 Å². The van der Waals surface area contributed by atoms with E-state index in [4.69, 9.17) is 16.7 Å². The summed E-state index contributed by atoms with van der Waals surface area (Å²) in [4.78, 5) is 27.4. The van der Waals surface area contributed by atoms with Gasteiger partial charge in [0.1, 0.15) is 22.3 Å². The zero-order valence-electron chi connectivity index (χ0n) is 14.1. The number of carbonyl (C=O) groups is 1. The van der Waals surface area contributed by atoms with E-state index in [0.29, 0.717) is 18.5 Å². The molecule has 0 unspecified atom stereocenters. The number of aliphatic hydroxyl groups is 1. The first-order valence-electron chi connectivity index (χ1n) is 8.01. The molecular formula is C18H17Cl2N3O4. The third-order valence-corrected chi connectivity index (χ3v) is 4.45. The number of hydrogen-bond acceptors (Lipinski definition) is 5. The summed E-state index contributed by atoms with van der Waals surface area (Å²) >= 11 is 6.27. The zero-order chi connectivity index (χ0) is 18.7. The molecule has 2 heterocycles. The number of aryl methyl sites for hydroxylation is 2. The lowest BCUT2D eigenvalue weighted by Crippen LogP contribution is -2.32. The summed E-state index contributed by atoms with van der Waals surface area (Å²) in [7, 11) is 0. The van der Waals surface area contributed by atoms with Crippen molar-refractivity contribution in [3.63, 3.8) is 0 Å². The van der Waals surface area contributed by atoms with Crippen LogP contribution in [0.1, 0.15) is 24.1 Å². The molecule has 3 rings (SSSR count). The molecule has 2 N–H and O–H groups in total. The first-order valence-corrected chi connectivity index (χ1v) is 8.38. The lowest BCUT2D eigenvalue weighted by Gasteiger charge is -2.08. The van der Waals surface area contributed by atoms with E-state index in [1.165, 1.54) is 10.8 Å². The van der Waals surface area contributed by atoms with Gasteiger partial charge in [-0.2, -0.15) is 5.10 Å². The number of aliphatic carboxylic acids is 1. The van der Waals surface area contributed by atoms with Gasteiger partial charge in [-0.15, -0.1) is 12.4 Å². The standard InChI is InChI=1S/C18H16ClN3O4.ClH/c19-16-12(7-6-11-4-2-1-3-5-11)22-18(20-10-21-22)15(17(16)26)13(23)8-9-14(24)25;/h1-5,10,23H,6-9H2,(H,24,25);1H. The van der Waals surface area contributed by atoms with Gasteiger partial charge in [-0.1, -0.05) is 41.9 Å². The van der Waals surface area contributed by atoms with Gasteiger partial charge >= 0.3 is 5.97 Å². The Bertz CT molecular complexity index is 1070. The summed E-state index contributed by atoms with van der Waals surface area (Å²) < 4.78 is 1.43. The van der Waals surface area contributed by atoms with Crippen molar-refractivity contribution in [3.05, 3.63) is 68.4 Å². The Morgan fingerprint density at radius 3 is 2.48 bits per heavy atom. The zero-order valence-corrected chi connectivity index (χ0v) is 15.7. The molecule has 0 saturated heterocycles. The maximum Gasteiger partial charge on any atom is 0.303 e. The smallest absolute Gasteiger partial charge is 0.303 e. The van der Waals surface area contributed by atoms with E-state index in [1.807, 2.05) is 30.3 Å². The van der Waals surface area contributed by atoms with Crippen LogP contribution >= 0.6 is 24.0 Å². The number of hydrogen-bond donors (Lipinski definition) is 2. The minimum absolute atomic E-state index is 0. The van der Waals surface area contributed by atoms with Gasteiger partial charge in [0, 0.05) is 6.42 Å². The molecule has 27 heavy (non-hydrogen) atoms. The van der Waals surface area contributed by atoms with Crippen LogP contribution in [-0.2, 0) is 17.6 Å². The van der Waals surface area contributed by atoms with E-state index in [1.54, 1.807) is 0 Å². The van der Waals surface area contributed by atoms with Crippen LogP contribution < -0.4 is 10.6 Å². The highest BCUT2D eigenvalue weighted by Crippen LogP contribution is 2.14. The molecular weight excluding hydrogens is 393 g/mol. The van der Waals surface area contributed by atoms with Gasteiger partial charge in [0.2, 0.25) is 5.43 Å². The molecule has 0 atom stereocenters. The third kappa shape index (κ3) is 4.37. The van der Waals surface area contributed by atoms with Crippen LogP contribution in [0.4, 0.5) is 0 Å². The normalized spacial score (nSPS) is 11.9. The number of carboxylic acids is 1. The number of pyridine rings is 1. The number of carboxylic acid groups (broad SMARTS) is 1. The lowest BCUT2D eigenvalue weighted by molar-refractivity contribution is -0.136. The molecule has 1 aromatic carbocycles. The Balaban J connectivity index is 0.00000261. The van der Waals surface area contributed by atoms with Gasteiger partial charge in [0.05, 0.1) is 12.1 Å². The van der Waals surface area contributed by atoms with Gasteiger partial charge in [0.15, 0.2) is 5.65 Å². The first-order chi connectivity index (χ1) is 12.5. The Morgan fingerprint density at radius 2 is 1.81 bits per heavy atom. The topological polar surface area (TPSA) is 105 Å². The van der Waals surface area contributed by atoms with Crippen molar-refractivity contribution in [1.82, 2.24) is 14.6 Å². The Morgan fingerprint density at radius 1 is 1.11 bits per heavy atom. The Hall–Kier alpha value is -2.64. The number of aromatic nitrogens is 3. The van der Waals surface area contributed by atoms with E-state index < -0.39 is 11.4 Å². The van der Waals surface area contributed by atoms with Crippen LogP contribution in [0.5, 0.6) is 0 Å². The first kappa shape index (κ1) is 20.7. The second-order valence-electron chi connectivity index (χ2n) is 5.79. The molecule has 7 nitrogen and oxygen atoms in total. The molecule has 3 aromatic rings. The van der Waals surface area contributed by atoms with E-state index >= 15 is 0 Å². The van der Waals surface area contributed by atoms with Crippen molar-refractivity contribution in [2.45, 2.75) is 25.7 Å². The molecule has 0 aliphatic carbocycles. The minimum atomic E-state index is -1.08. The average molecular weight is 410 g/mol. The molecule has 142 valence electrons. The van der Waals surface area contributed by atoms with Gasteiger partial charge in [0.25, 0.3) is 0 Å². The Kier molecular flexibility index (Phi) is 6.76. The summed E-state index contributed by atoms with van der Waals surface area (Å²) in [6, 6.07) is 9.74. The van der Waals surface area contributed by atoms with Crippen LogP contribution in [0, 0.1) is 0 Å². The fourth-order valence-corrected chi connectivity index (χ4v) is 3.05. The largest absolute Gasteiger partial charge is 0.511 e. The molecule has 9 heteroatoms. The lowest BCUT2D eigenvalue weighted by atomic mass is 10.1. The van der Waals surface area contributed by atoms with E-state index in [2.05, 4.69) is 10.1 Å². The van der Waals surface area contributed by atoms with Gasteiger partial charge in [-0.05, 0) is 18.4 Å². The summed E-state index contributed by atoms with van der Waals surface area (Å²) in [5, 5.41) is 22.9. The molecule has 0 spiro atoms. The van der Waals surface area contributed by atoms with Crippen LogP contribution in [0.2, 0.25) is 5.02 Å². The van der Waals surface area contributed by atoms with Crippen molar-refractivity contribution >= 4 is 41.4 Å². The van der Waals surface area contributed by atoms with E-state index in [9.17, 15) is 14.7 Å². The van der Waals surface area contributed by atoms with Crippen LogP contribution in [-0.4, -0.2) is 30.8 Å². The molecule has 0 radical (unpaired) electrons. The monoisotopic (exact) mass is 409 g/mol. The number of aliphatic hydroxyl groups excluding tert-OH is 1. The Labute approximate surface area is 165 Å². The van der Waals surface area contributed by atoms with Crippen LogP contribution in [0.3, 0.4) is 0 Å². The van der Waals surface area contributed by atoms with Crippen molar-refractivity contribution in [3.8, 4) is 0 Å². The maximum absolute atomic E-state index is 12.7. The van der Waals surface area contributed by atoms with Crippen molar-refractivity contribution in [2.24, 2.45) is 0 Å². The number of rotatable bonds is 6. The van der Waals surface area contributed by atoms with Gasteiger partial charge in [-0.25, -0.2) is 9.50 Å². The van der Waals surface area contributed by atoms with Crippen molar-refractivity contribution < 1.29 is 15.0 Å². The molecule has 0 aliphatic rings. The van der Waals surface area contributed by atoms with Crippen LogP contribution in [0.15, 0.2) is 41.5 Å². The second-order valence-corrected chi connectivity index (χ2v) is 6.16. The van der Waals surface area contributed by atoms with Gasteiger partial charge < -0.3 is 10.2 Å². The van der Waals surface area contributed by atoms with Crippen molar-refractivity contribution in [2.75, 3.05) is 0 Å². The second kappa shape index (κ2) is 8.83.